The molecular weight excluding hydrogens is 216 g/mol. The van der Waals surface area contributed by atoms with Crippen LogP contribution in [0.15, 0.2) is 30.3 Å². The van der Waals surface area contributed by atoms with Crippen LogP contribution in [0.4, 0.5) is 0 Å². The molecule has 0 saturated carbocycles. The maximum Gasteiger partial charge on any atom is 0.243 e. The highest BCUT2D eigenvalue weighted by Gasteiger charge is 2.08. The van der Waals surface area contributed by atoms with Crippen molar-refractivity contribution in [2.75, 3.05) is 13.1 Å². The van der Waals surface area contributed by atoms with Crippen molar-refractivity contribution in [1.29, 1.82) is 0 Å². The van der Waals surface area contributed by atoms with Crippen molar-refractivity contribution in [1.82, 2.24) is 5.06 Å². The Morgan fingerprint density at radius 1 is 1.29 bits per heavy atom. The largest absolute Gasteiger partial charge is 0.330 e. The number of nitrogens with two attached hydrogens (primary N) is 1. The number of carbonyl (C=O) groups excluding carboxylic acids is 1. The van der Waals surface area contributed by atoms with Gasteiger partial charge in [-0.15, -0.1) is 0 Å². The van der Waals surface area contributed by atoms with Crippen LogP contribution in [0.25, 0.3) is 0 Å². The minimum atomic E-state index is -0.0713. The van der Waals surface area contributed by atoms with Gasteiger partial charge in [-0.05, 0) is 24.9 Å². The van der Waals surface area contributed by atoms with Crippen molar-refractivity contribution in [3.05, 3.63) is 35.9 Å². The summed E-state index contributed by atoms with van der Waals surface area (Å²) in [4.78, 5) is 16.8. The molecule has 0 aliphatic carbocycles. The standard InChI is InChI=1S/C13H20N2O2/c1-12(16)15(10-6-5-9-14)17-11-13-7-3-2-4-8-13/h2-4,7-8H,5-6,9-11,14H2,1H3. The third-order valence-corrected chi connectivity index (χ3v) is 2.40. The first kappa shape index (κ1) is 13.7. The van der Waals surface area contributed by atoms with Crippen molar-refractivity contribution in [3.8, 4) is 0 Å². The maximum absolute atomic E-state index is 11.3. The fourth-order valence-electron chi connectivity index (χ4n) is 1.44. The zero-order valence-electron chi connectivity index (χ0n) is 10.3. The van der Waals surface area contributed by atoms with Crippen LogP contribution >= 0.6 is 0 Å². The monoisotopic (exact) mass is 236 g/mol. The van der Waals surface area contributed by atoms with Crippen molar-refractivity contribution in [3.63, 3.8) is 0 Å². The number of unbranched alkanes of at least 4 members (excludes halogenated alkanes) is 1. The van der Waals surface area contributed by atoms with E-state index in [9.17, 15) is 4.79 Å². The number of hydrogen-bond donors (Lipinski definition) is 1. The van der Waals surface area contributed by atoms with Gasteiger partial charge in [0, 0.05) is 13.5 Å². The van der Waals surface area contributed by atoms with E-state index in [1.807, 2.05) is 30.3 Å². The van der Waals surface area contributed by atoms with Gasteiger partial charge in [0.25, 0.3) is 0 Å². The Morgan fingerprint density at radius 3 is 2.59 bits per heavy atom. The lowest BCUT2D eigenvalue weighted by Crippen LogP contribution is -2.30. The van der Waals surface area contributed by atoms with Crippen LogP contribution in [0.3, 0.4) is 0 Å². The molecule has 0 spiro atoms. The highest BCUT2D eigenvalue weighted by atomic mass is 16.7. The summed E-state index contributed by atoms with van der Waals surface area (Å²) in [5.41, 5.74) is 6.46. The molecule has 1 aromatic carbocycles. The smallest absolute Gasteiger partial charge is 0.243 e. The minimum absolute atomic E-state index is 0.0713. The number of amides is 1. The van der Waals surface area contributed by atoms with E-state index in [-0.39, 0.29) is 5.91 Å². The average molecular weight is 236 g/mol. The molecule has 0 saturated heterocycles. The first-order valence-corrected chi connectivity index (χ1v) is 5.89. The number of carbonyl (C=O) groups is 1. The van der Waals surface area contributed by atoms with Gasteiger partial charge in [0.15, 0.2) is 0 Å². The third kappa shape index (κ3) is 5.47. The van der Waals surface area contributed by atoms with E-state index in [0.717, 1.165) is 18.4 Å². The highest BCUT2D eigenvalue weighted by molar-refractivity contribution is 5.71. The summed E-state index contributed by atoms with van der Waals surface area (Å²) >= 11 is 0. The van der Waals surface area contributed by atoms with Gasteiger partial charge in [-0.2, -0.15) is 0 Å². The molecule has 1 aromatic rings. The minimum Gasteiger partial charge on any atom is -0.330 e. The van der Waals surface area contributed by atoms with Gasteiger partial charge < -0.3 is 5.73 Å². The van der Waals surface area contributed by atoms with Crippen LogP contribution < -0.4 is 5.73 Å². The topological polar surface area (TPSA) is 55.6 Å². The van der Waals surface area contributed by atoms with Gasteiger partial charge >= 0.3 is 0 Å². The van der Waals surface area contributed by atoms with Gasteiger partial charge in [-0.1, -0.05) is 30.3 Å². The van der Waals surface area contributed by atoms with Crippen LogP contribution in [0.2, 0.25) is 0 Å². The van der Waals surface area contributed by atoms with Gasteiger partial charge in [-0.3, -0.25) is 9.63 Å². The third-order valence-electron chi connectivity index (χ3n) is 2.40. The first-order valence-electron chi connectivity index (χ1n) is 5.89. The first-order chi connectivity index (χ1) is 8.24. The second-order valence-electron chi connectivity index (χ2n) is 3.88. The molecule has 0 unspecified atom stereocenters. The number of rotatable bonds is 7. The molecule has 1 amide bonds. The molecule has 0 fully saturated rings. The van der Waals surface area contributed by atoms with E-state index in [1.165, 1.54) is 12.0 Å². The number of benzene rings is 1. The van der Waals surface area contributed by atoms with Gasteiger partial charge in [-0.25, -0.2) is 5.06 Å². The van der Waals surface area contributed by atoms with Crippen molar-refractivity contribution in [2.45, 2.75) is 26.4 Å². The lowest BCUT2D eigenvalue weighted by atomic mass is 10.2. The van der Waals surface area contributed by atoms with Gasteiger partial charge in [0.05, 0.1) is 0 Å². The predicted octanol–water partition coefficient (Wildman–Crippen LogP) is 1.71. The SMILES string of the molecule is CC(=O)N(CCCCN)OCc1ccccc1. The Balaban J connectivity index is 2.36. The molecule has 0 heterocycles. The molecule has 4 heteroatoms. The molecule has 0 bridgehead atoms. The molecule has 1 rings (SSSR count). The molecule has 4 nitrogen and oxygen atoms in total. The van der Waals surface area contributed by atoms with E-state index in [1.54, 1.807) is 0 Å². The summed E-state index contributed by atoms with van der Waals surface area (Å²) in [7, 11) is 0. The van der Waals surface area contributed by atoms with E-state index in [2.05, 4.69) is 0 Å². The summed E-state index contributed by atoms with van der Waals surface area (Å²) in [6.07, 6.45) is 1.77. The number of nitrogens with zero attached hydrogens (tertiary/aromatic N) is 1. The molecule has 0 radical (unpaired) electrons. The predicted molar refractivity (Wildman–Crippen MR) is 66.9 cm³/mol. The second-order valence-corrected chi connectivity index (χ2v) is 3.88. The number of hydroxylamine groups is 2. The summed E-state index contributed by atoms with van der Waals surface area (Å²) in [5.74, 6) is -0.0713. The Kier molecular flexibility index (Phi) is 6.29. The molecule has 0 aromatic heterocycles. The summed E-state index contributed by atoms with van der Waals surface area (Å²) < 4.78 is 0. The lowest BCUT2D eigenvalue weighted by Gasteiger charge is -2.20. The summed E-state index contributed by atoms with van der Waals surface area (Å²) in [5, 5.41) is 1.41. The van der Waals surface area contributed by atoms with Gasteiger partial charge in [0.1, 0.15) is 6.61 Å². The molecule has 17 heavy (non-hydrogen) atoms. The Morgan fingerprint density at radius 2 is 2.00 bits per heavy atom. The van der Waals surface area contributed by atoms with Crippen LogP contribution in [-0.4, -0.2) is 24.1 Å². The maximum atomic E-state index is 11.3. The van der Waals surface area contributed by atoms with E-state index < -0.39 is 0 Å². The fourth-order valence-corrected chi connectivity index (χ4v) is 1.44. The highest BCUT2D eigenvalue weighted by Crippen LogP contribution is 2.04. The Bertz CT molecular complexity index is 327. The van der Waals surface area contributed by atoms with E-state index in [4.69, 9.17) is 10.6 Å². The van der Waals surface area contributed by atoms with Gasteiger partial charge in [0.2, 0.25) is 5.91 Å². The zero-order chi connectivity index (χ0) is 12.5. The molecule has 0 aliphatic heterocycles. The van der Waals surface area contributed by atoms with Crippen LogP contribution in [0.1, 0.15) is 25.3 Å². The zero-order valence-corrected chi connectivity index (χ0v) is 10.3. The molecule has 2 N–H and O–H groups in total. The molecule has 94 valence electrons. The van der Waals surface area contributed by atoms with Crippen LogP contribution in [0.5, 0.6) is 0 Å². The molecule has 0 atom stereocenters. The van der Waals surface area contributed by atoms with E-state index >= 15 is 0 Å². The van der Waals surface area contributed by atoms with Crippen molar-refractivity contribution in [2.24, 2.45) is 5.73 Å². The Hall–Kier alpha value is -1.39. The summed E-state index contributed by atoms with van der Waals surface area (Å²) in [6.45, 7) is 3.17. The second kappa shape index (κ2) is 7.81. The summed E-state index contributed by atoms with van der Waals surface area (Å²) in [6, 6.07) is 9.79. The van der Waals surface area contributed by atoms with Crippen molar-refractivity contribution < 1.29 is 9.63 Å². The van der Waals surface area contributed by atoms with E-state index in [0.29, 0.717) is 19.7 Å². The average Bonchev–Trinajstić information content (AvgIpc) is 2.34. The van der Waals surface area contributed by atoms with Crippen LogP contribution in [0, 0.1) is 0 Å². The fraction of sp³-hybridized carbons (Fsp3) is 0.462. The normalized spacial score (nSPS) is 10.2. The van der Waals surface area contributed by atoms with Crippen LogP contribution in [-0.2, 0) is 16.2 Å². The molecule has 0 aliphatic rings. The number of hydrogen-bond acceptors (Lipinski definition) is 3. The quantitative estimate of drug-likeness (QED) is 0.579. The van der Waals surface area contributed by atoms with Crippen molar-refractivity contribution >= 4 is 5.91 Å². The lowest BCUT2D eigenvalue weighted by molar-refractivity contribution is -0.189. The molecular formula is C13H20N2O2. The Labute approximate surface area is 102 Å².